The lowest BCUT2D eigenvalue weighted by Crippen LogP contribution is -2.51. The Balaban J connectivity index is 1.96. The van der Waals surface area contributed by atoms with Gasteiger partial charge in [0, 0.05) is 44.5 Å². The van der Waals surface area contributed by atoms with Gasteiger partial charge in [-0.25, -0.2) is 0 Å². The van der Waals surface area contributed by atoms with Crippen LogP contribution in [0, 0.1) is 0 Å². The summed E-state index contributed by atoms with van der Waals surface area (Å²) >= 11 is 12.0. The number of rotatable bonds is 10. The van der Waals surface area contributed by atoms with Crippen LogP contribution in [0.2, 0.25) is 0 Å². The predicted octanol–water partition coefficient (Wildman–Crippen LogP) is 2.55. The van der Waals surface area contributed by atoms with E-state index in [1.165, 1.54) is 0 Å². The van der Waals surface area contributed by atoms with Crippen molar-refractivity contribution in [2.75, 3.05) is 64.3 Å². The number of hydrogen-bond acceptors (Lipinski definition) is 4. The lowest BCUT2D eigenvalue weighted by Gasteiger charge is -2.36. The summed E-state index contributed by atoms with van der Waals surface area (Å²) in [6.45, 7) is 6.77. The monoisotopic (exact) mass is 360 g/mol. The topological polar surface area (TPSA) is 24.9 Å². The molecule has 0 saturated carbocycles. The molecule has 1 aliphatic rings. The van der Waals surface area contributed by atoms with Crippen LogP contribution in [0.3, 0.4) is 0 Å². The molecule has 2 rings (SSSR count). The van der Waals surface area contributed by atoms with Crippen LogP contribution in [0.4, 0.5) is 0 Å². The summed E-state index contributed by atoms with van der Waals surface area (Å²) in [4.78, 5) is 4.76. The highest BCUT2D eigenvalue weighted by Gasteiger charge is 2.23. The first-order chi connectivity index (χ1) is 11.3. The smallest absolute Gasteiger partial charge is 0.119 e. The third kappa shape index (κ3) is 6.86. The van der Waals surface area contributed by atoms with Crippen molar-refractivity contribution in [3.63, 3.8) is 0 Å². The van der Waals surface area contributed by atoms with E-state index in [2.05, 4.69) is 9.80 Å². The zero-order valence-corrected chi connectivity index (χ0v) is 15.0. The van der Waals surface area contributed by atoms with E-state index in [1.54, 1.807) is 0 Å². The van der Waals surface area contributed by atoms with Crippen molar-refractivity contribution in [2.24, 2.45) is 0 Å². The van der Waals surface area contributed by atoms with E-state index in [-0.39, 0.29) is 6.04 Å². The van der Waals surface area contributed by atoms with Gasteiger partial charge >= 0.3 is 0 Å². The Bertz CT molecular complexity index is 410. The molecule has 1 aromatic rings. The molecule has 130 valence electrons. The summed E-state index contributed by atoms with van der Waals surface area (Å²) in [6, 6.07) is 10.2. The van der Waals surface area contributed by atoms with Gasteiger partial charge in [-0.05, 0) is 12.1 Å². The normalized spacial score (nSPS) is 17.3. The Kier molecular flexibility index (Phi) is 9.09. The maximum Gasteiger partial charge on any atom is 0.119 e. The number of alkyl halides is 2. The van der Waals surface area contributed by atoms with Gasteiger partial charge in [-0.3, -0.25) is 9.80 Å². The van der Waals surface area contributed by atoms with Crippen LogP contribution in [-0.4, -0.2) is 80.1 Å². The Hall–Kier alpha value is -0.520. The fraction of sp³-hybridized carbons (Fsp3) is 0.647. The minimum atomic E-state index is 0.269. The molecule has 1 unspecified atom stereocenters. The van der Waals surface area contributed by atoms with Crippen LogP contribution >= 0.6 is 23.2 Å². The van der Waals surface area contributed by atoms with Gasteiger partial charge in [-0.1, -0.05) is 18.2 Å². The van der Waals surface area contributed by atoms with E-state index in [0.717, 1.165) is 51.7 Å². The number of benzene rings is 1. The predicted molar refractivity (Wildman–Crippen MR) is 96.0 cm³/mol. The van der Waals surface area contributed by atoms with Crippen molar-refractivity contribution in [3.8, 4) is 5.75 Å². The fourth-order valence-corrected chi connectivity index (χ4v) is 3.19. The summed E-state index contributed by atoms with van der Waals surface area (Å²) in [7, 11) is 0. The molecule has 1 atom stereocenters. The minimum absolute atomic E-state index is 0.269. The highest BCUT2D eigenvalue weighted by atomic mass is 35.5. The summed E-state index contributed by atoms with van der Waals surface area (Å²) in [5, 5.41) is 0. The van der Waals surface area contributed by atoms with Gasteiger partial charge in [0.15, 0.2) is 0 Å². The molecule has 0 bridgehead atoms. The molecular formula is C17H26Cl2N2O2. The average Bonchev–Trinajstić information content (AvgIpc) is 2.60. The largest absolute Gasteiger partial charge is 0.492 e. The Morgan fingerprint density at radius 2 is 1.74 bits per heavy atom. The maximum atomic E-state index is 6.00. The second kappa shape index (κ2) is 11.1. The number of para-hydroxylation sites is 1. The van der Waals surface area contributed by atoms with Crippen molar-refractivity contribution in [3.05, 3.63) is 30.3 Å². The molecule has 0 radical (unpaired) electrons. The molecule has 0 N–H and O–H groups in total. The zero-order chi connectivity index (χ0) is 16.3. The van der Waals surface area contributed by atoms with Crippen LogP contribution < -0.4 is 4.74 Å². The van der Waals surface area contributed by atoms with Crippen molar-refractivity contribution in [1.82, 2.24) is 9.80 Å². The molecule has 4 nitrogen and oxygen atoms in total. The van der Waals surface area contributed by atoms with Crippen molar-refractivity contribution in [2.45, 2.75) is 6.04 Å². The fourth-order valence-electron chi connectivity index (χ4n) is 2.76. The third-order valence-corrected chi connectivity index (χ3v) is 4.36. The second-order valence-corrected chi connectivity index (χ2v) is 6.36. The molecule has 0 aliphatic carbocycles. The molecule has 23 heavy (non-hydrogen) atoms. The summed E-state index contributed by atoms with van der Waals surface area (Å²) < 4.78 is 11.4. The lowest BCUT2D eigenvalue weighted by molar-refractivity contribution is 0.0171. The number of morpholine rings is 1. The molecule has 1 heterocycles. The minimum Gasteiger partial charge on any atom is -0.492 e. The Morgan fingerprint density at radius 1 is 1.09 bits per heavy atom. The van der Waals surface area contributed by atoms with Crippen LogP contribution in [-0.2, 0) is 4.74 Å². The molecule has 1 aliphatic heterocycles. The van der Waals surface area contributed by atoms with E-state index < -0.39 is 0 Å². The first-order valence-corrected chi connectivity index (χ1v) is 9.24. The Labute approximate surface area is 149 Å². The zero-order valence-electron chi connectivity index (χ0n) is 13.5. The van der Waals surface area contributed by atoms with Crippen molar-refractivity contribution >= 4 is 23.2 Å². The van der Waals surface area contributed by atoms with Crippen molar-refractivity contribution in [1.29, 1.82) is 0 Å². The highest BCUT2D eigenvalue weighted by molar-refractivity contribution is 6.18. The quantitative estimate of drug-likeness (QED) is 0.598. The number of halogens is 2. The van der Waals surface area contributed by atoms with Crippen LogP contribution in [0.25, 0.3) is 0 Å². The first kappa shape index (κ1) is 18.8. The van der Waals surface area contributed by atoms with Gasteiger partial charge in [0.25, 0.3) is 0 Å². The molecule has 0 spiro atoms. The van der Waals surface area contributed by atoms with E-state index in [1.807, 2.05) is 30.3 Å². The van der Waals surface area contributed by atoms with E-state index in [4.69, 9.17) is 32.7 Å². The molecule has 0 aromatic heterocycles. The van der Waals surface area contributed by atoms with Gasteiger partial charge in [-0.15, -0.1) is 23.2 Å². The van der Waals surface area contributed by atoms with Gasteiger partial charge < -0.3 is 9.47 Å². The van der Waals surface area contributed by atoms with E-state index >= 15 is 0 Å². The molecule has 1 fully saturated rings. The standard InChI is InChI=1S/C17H26Cl2N2O2/c18-6-8-21(9-7-19)16(14-20-10-12-22-13-11-20)15-23-17-4-2-1-3-5-17/h1-5,16H,6-15H2. The van der Waals surface area contributed by atoms with Crippen LogP contribution in [0.15, 0.2) is 30.3 Å². The summed E-state index contributed by atoms with van der Waals surface area (Å²) in [5.74, 6) is 2.10. The molecule has 1 saturated heterocycles. The molecular weight excluding hydrogens is 335 g/mol. The van der Waals surface area contributed by atoms with Gasteiger partial charge in [0.05, 0.1) is 19.3 Å². The molecule has 0 amide bonds. The first-order valence-electron chi connectivity index (χ1n) is 8.17. The van der Waals surface area contributed by atoms with Gasteiger partial charge in [-0.2, -0.15) is 0 Å². The van der Waals surface area contributed by atoms with Crippen molar-refractivity contribution < 1.29 is 9.47 Å². The third-order valence-electron chi connectivity index (χ3n) is 4.02. The van der Waals surface area contributed by atoms with E-state index in [9.17, 15) is 0 Å². The van der Waals surface area contributed by atoms with E-state index in [0.29, 0.717) is 18.4 Å². The summed E-state index contributed by atoms with van der Waals surface area (Å²) in [5.41, 5.74) is 0. The molecule has 1 aromatic carbocycles. The lowest BCUT2D eigenvalue weighted by atomic mass is 10.2. The Morgan fingerprint density at radius 3 is 2.35 bits per heavy atom. The summed E-state index contributed by atoms with van der Waals surface area (Å²) in [6.07, 6.45) is 0. The SMILES string of the molecule is ClCCN(CCCl)C(COc1ccccc1)CN1CCOCC1. The number of ether oxygens (including phenoxy) is 2. The van der Waals surface area contributed by atoms with Gasteiger partial charge in [0.2, 0.25) is 0 Å². The molecule has 6 heteroatoms. The maximum absolute atomic E-state index is 6.00. The van der Waals surface area contributed by atoms with Gasteiger partial charge in [0.1, 0.15) is 12.4 Å². The number of nitrogens with zero attached hydrogens (tertiary/aromatic N) is 2. The van der Waals surface area contributed by atoms with Crippen LogP contribution in [0.1, 0.15) is 0 Å². The van der Waals surface area contributed by atoms with Crippen LogP contribution in [0.5, 0.6) is 5.75 Å². The second-order valence-electron chi connectivity index (χ2n) is 5.60. The highest BCUT2D eigenvalue weighted by Crippen LogP contribution is 2.12. The average molecular weight is 361 g/mol. The number of hydrogen-bond donors (Lipinski definition) is 0.